The number of ether oxygens (including phenoxy) is 1. The van der Waals surface area contributed by atoms with Crippen LogP contribution < -0.4 is 10.2 Å². The predicted molar refractivity (Wildman–Crippen MR) is 97.5 cm³/mol. The zero-order chi connectivity index (χ0) is 18.8. The SMILES string of the molecule is CCOC(=O)c1ccc(N(CCNC(=O)C(CC)CC)C(C)=O)cc1. The van der Waals surface area contributed by atoms with Crippen molar-refractivity contribution in [2.45, 2.75) is 40.5 Å². The van der Waals surface area contributed by atoms with Crippen molar-refractivity contribution in [1.82, 2.24) is 5.32 Å². The normalized spacial score (nSPS) is 10.4. The summed E-state index contributed by atoms with van der Waals surface area (Å²) in [7, 11) is 0. The van der Waals surface area contributed by atoms with Gasteiger partial charge in [0.2, 0.25) is 11.8 Å². The van der Waals surface area contributed by atoms with Crippen molar-refractivity contribution >= 4 is 23.5 Å². The highest BCUT2D eigenvalue weighted by Gasteiger charge is 2.16. The third-order valence-electron chi connectivity index (χ3n) is 4.06. The van der Waals surface area contributed by atoms with E-state index in [1.165, 1.54) is 6.92 Å². The zero-order valence-corrected chi connectivity index (χ0v) is 15.5. The lowest BCUT2D eigenvalue weighted by atomic mass is 10.0. The quantitative estimate of drug-likeness (QED) is 0.696. The van der Waals surface area contributed by atoms with E-state index in [0.717, 1.165) is 12.8 Å². The molecule has 1 aromatic rings. The van der Waals surface area contributed by atoms with Crippen LogP contribution in [-0.4, -0.2) is 37.5 Å². The number of amides is 2. The summed E-state index contributed by atoms with van der Waals surface area (Å²) in [5.74, 6) is -0.484. The number of nitrogens with one attached hydrogen (secondary N) is 1. The molecule has 0 aromatic heterocycles. The molecule has 0 aliphatic rings. The van der Waals surface area contributed by atoms with Gasteiger partial charge in [-0.15, -0.1) is 0 Å². The van der Waals surface area contributed by atoms with Gasteiger partial charge in [-0.25, -0.2) is 4.79 Å². The number of benzene rings is 1. The van der Waals surface area contributed by atoms with Gasteiger partial charge in [0, 0.05) is 31.6 Å². The number of hydrogen-bond donors (Lipinski definition) is 1. The van der Waals surface area contributed by atoms with Crippen molar-refractivity contribution in [3.63, 3.8) is 0 Å². The number of hydrogen-bond acceptors (Lipinski definition) is 4. The monoisotopic (exact) mass is 348 g/mol. The van der Waals surface area contributed by atoms with Crippen molar-refractivity contribution in [3.05, 3.63) is 29.8 Å². The molecule has 1 rings (SSSR count). The van der Waals surface area contributed by atoms with Crippen LogP contribution in [0, 0.1) is 5.92 Å². The smallest absolute Gasteiger partial charge is 0.338 e. The van der Waals surface area contributed by atoms with Gasteiger partial charge in [0.25, 0.3) is 0 Å². The number of anilines is 1. The molecule has 138 valence electrons. The lowest BCUT2D eigenvalue weighted by Crippen LogP contribution is -2.39. The van der Waals surface area contributed by atoms with Gasteiger partial charge in [-0.3, -0.25) is 9.59 Å². The molecule has 0 unspecified atom stereocenters. The van der Waals surface area contributed by atoms with Gasteiger partial charge >= 0.3 is 5.97 Å². The second-order valence-corrected chi connectivity index (χ2v) is 5.74. The Kier molecular flexibility index (Phi) is 8.67. The summed E-state index contributed by atoms with van der Waals surface area (Å²) < 4.78 is 4.94. The molecule has 0 saturated heterocycles. The van der Waals surface area contributed by atoms with E-state index in [1.54, 1.807) is 36.1 Å². The Balaban J connectivity index is 2.69. The summed E-state index contributed by atoms with van der Waals surface area (Å²) in [6, 6.07) is 6.67. The molecule has 25 heavy (non-hydrogen) atoms. The van der Waals surface area contributed by atoms with E-state index in [4.69, 9.17) is 4.74 Å². The van der Waals surface area contributed by atoms with E-state index < -0.39 is 0 Å². The van der Waals surface area contributed by atoms with Gasteiger partial charge in [0.05, 0.1) is 12.2 Å². The second-order valence-electron chi connectivity index (χ2n) is 5.74. The number of rotatable bonds is 9. The highest BCUT2D eigenvalue weighted by atomic mass is 16.5. The molecule has 0 aliphatic carbocycles. The molecule has 2 amide bonds. The molecular formula is C19H28N2O4. The molecule has 0 bridgehead atoms. The van der Waals surface area contributed by atoms with Crippen LogP contribution in [0.25, 0.3) is 0 Å². The molecule has 1 N–H and O–H groups in total. The van der Waals surface area contributed by atoms with Gasteiger partial charge in [0.1, 0.15) is 0 Å². The van der Waals surface area contributed by atoms with Gasteiger partial charge in [0.15, 0.2) is 0 Å². The van der Waals surface area contributed by atoms with Crippen LogP contribution >= 0.6 is 0 Å². The first kappa shape index (κ1) is 20.7. The zero-order valence-electron chi connectivity index (χ0n) is 15.5. The number of carbonyl (C=O) groups is 3. The lowest BCUT2D eigenvalue weighted by molar-refractivity contribution is -0.125. The van der Waals surface area contributed by atoms with Crippen molar-refractivity contribution in [1.29, 1.82) is 0 Å². The Morgan fingerprint density at radius 1 is 1.08 bits per heavy atom. The molecule has 1 aromatic carbocycles. The van der Waals surface area contributed by atoms with E-state index in [2.05, 4.69) is 5.32 Å². The maximum atomic E-state index is 12.0. The number of nitrogens with zero attached hydrogens (tertiary/aromatic N) is 1. The first-order valence-corrected chi connectivity index (χ1v) is 8.77. The summed E-state index contributed by atoms with van der Waals surface area (Å²) in [4.78, 5) is 37.2. The summed E-state index contributed by atoms with van der Waals surface area (Å²) in [5, 5.41) is 2.88. The van der Waals surface area contributed by atoms with Gasteiger partial charge in [-0.1, -0.05) is 13.8 Å². The second kappa shape index (κ2) is 10.5. The minimum absolute atomic E-state index is 0.00893. The standard InChI is InChI=1S/C19H28N2O4/c1-5-15(6-2)18(23)20-12-13-21(14(4)22)17-10-8-16(9-11-17)19(24)25-7-3/h8-11,15H,5-7,12-13H2,1-4H3,(H,20,23). The molecule has 0 fully saturated rings. The summed E-state index contributed by atoms with van der Waals surface area (Å²) in [5.41, 5.74) is 1.12. The average molecular weight is 348 g/mol. The van der Waals surface area contributed by atoms with E-state index in [0.29, 0.717) is 30.9 Å². The molecule has 0 saturated carbocycles. The van der Waals surface area contributed by atoms with Gasteiger partial charge < -0.3 is 15.0 Å². The fourth-order valence-corrected chi connectivity index (χ4v) is 2.55. The average Bonchev–Trinajstić information content (AvgIpc) is 2.60. The minimum Gasteiger partial charge on any atom is -0.462 e. The summed E-state index contributed by atoms with van der Waals surface area (Å²) in [6.07, 6.45) is 1.60. The van der Waals surface area contributed by atoms with Crippen molar-refractivity contribution < 1.29 is 19.1 Å². The Hall–Kier alpha value is -2.37. The number of esters is 1. The van der Waals surface area contributed by atoms with Crippen LogP contribution in [0.5, 0.6) is 0 Å². The topological polar surface area (TPSA) is 75.7 Å². The molecular weight excluding hydrogens is 320 g/mol. The highest BCUT2D eigenvalue weighted by Crippen LogP contribution is 2.16. The predicted octanol–water partition coefficient (Wildman–Crippen LogP) is 2.77. The van der Waals surface area contributed by atoms with Crippen LogP contribution in [0.1, 0.15) is 50.9 Å². The largest absolute Gasteiger partial charge is 0.462 e. The lowest BCUT2D eigenvalue weighted by Gasteiger charge is -2.22. The molecule has 0 atom stereocenters. The van der Waals surface area contributed by atoms with E-state index >= 15 is 0 Å². The molecule has 6 heteroatoms. The maximum absolute atomic E-state index is 12.0. The summed E-state index contributed by atoms with van der Waals surface area (Å²) in [6.45, 7) is 8.27. The first-order valence-electron chi connectivity index (χ1n) is 8.77. The fourth-order valence-electron chi connectivity index (χ4n) is 2.55. The third-order valence-corrected chi connectivity index (χ3v) is 4.06. The van der Waals surface area contributed by atoms with Crippen molar-refractivity contribution in [3.8, 4) is 0 Å². The van der Waals surface area contributed by atoms with E-state index in [1.807, 2.05) is 13.8 Å². The van der Waals surface area contributed by atoms with Crippen LogP contribution in [0.4, 0.5) is 5.69 Å². The van der Waals surface area contributed by atoms with Crippen LogP contribution in [0.3, 0.4) is 0 Å². The highest BCUT2D eigenvalue weighted by molar-refractivity contribution is 5.93. The van der Waals surface area contributed by atoms with E-state index in [-0.39, 0.29) is 23.7 Å². The molecule has 0 aliphatic heterocycles. The Morgan fingerprint density at radius 3 is 2.16 bits per heavy atom. The third kappa shape index (κ3) is 6.21. The molecule has 6 nitrogen and oxygen atoms in total. The van der Waals surface area contributed by atoms with Gasteiger partial charge in [-0.05, 0) is 44.0 Å². The first-order chi connectivity index (χ1) is 11.9. The maximum Gasteiger partial charge on any atom is 0.338 e. The van der Waals surface area contributed by atoms with Crippen LogP contribution in [0.15, 0.2) is 24.3 Å². The minimum atomic E-state index is -0.388. The van der Waals surface area contributed by atoms with E-state index in [9.17, 15) is 14.4 Å². The molecule has 0 heterocycles. The molecule has 0 spiro atoms. The Morgan fingerprint density at radius 2 is 1.68 bits per heavy atom. The van der Waals surface area contributed by atoms with Crippen molar-refractivity contribution in [2.75, 3.05) is 24.6 Å². The van der Waals surface area contributed by atoms with Crippen LogP contribution in [-0.2, 0) is 14.3 Å². The van der Waals surface area contributed by atoms with Gasteiger partial charge in [-0.2, -0.15) is 0 Å². The van der Waals surface area contributed by atoms with Crippen molar-refractivity contribution in [2.24, 2.45) is 5.92 Å². The molecule has 0 radical (unpaired) electrons. The fraction of sp³-hybridized carbons (Fsp3) is 0.526. The Labute approximate surface area is 149 Å². The Bertz CT molecular complexity index is 580. The number of carbonyl (C=O) groups excluding carboxylic acids is 3. The summed E-state index contributed by atoms with van der Waals surface area (Å²) >= 11 is 0. The van der Waals surface area contributed by atoms with Crippen LogP contribution in [0.2, 0.25) is 0 Å².